The van der Waals surface area contributed by atoms with Crippen molar-refractivity contribution in [1.82, 2.24) is 15.1 Å². The van der Waals surface area contributed by atoms with Gasteiger partial charge in [-0.3, -0.25) is 9.89 Å². The third kappa shape index (κ3) is 5.86. The molecule has 0 aliphatic carbocycles. The first-order valence-corrected chi connectivity index (χ1v) is 10.3. The standard InChI is InChI=1S/C21H31F3N4O2/c1-25-19(26-16-20(29-2)6-12-30-13-7-20)28-10-8-27(9-11-28)15-17-4-3-5-18(14-17)21(22,23)24/h3-5,14H,6-13,15-16H2,1-2H3,(H,25,26). The molecule has 1 aromatic rings. The second-order valence-electron chi connectivity index (χ2n) is 7.86. The number of piperazine rings is 1. The van der Waals surface area contributed by atoms with Gasteiger partial charge in [-0.25, -0.2) is 0 Å². The number of aliphatic imine (C=N–C) groups is 1. The molecule has 0 aromatic heterocycles. The predicted molar refractivity (Wildman–Crippen MR) is 109 cm³/mol. The molecule has 9 heteroatoms. The highest BCUT2D eigenvalue weighted by molar-refractivity contribution is 5.80. The summed E-state index contributed by atoms with van der Waals surface area (Å²) in [6.45, 7) is 5.63. The third-order valence-electron chi connectivity index (χ3n) is 5.95. The molecular formula is C21H31F3N4O2. The second-order valence-corrected chi connectivity index (χ2v) is 7.86. The van der Waals surface area contributed by atoms with Crippen LogP contribution in [0, 0.1) is 0 Å². The summed E-state index contributed by atoms with van der Waals surface area (Å²) in [7, 11) is 3.50. The van der Waals surface area contributed by atoms with Crippen LogP contribution in [0.1, 0.15) is 24.0 Å². The normalized spacial score (nSPS) is 21.0. The third-order valence-corrected chi connectivity index (χ3v) is 5.95. The zero-order valence-electron chi connectivity index (χ0n) is 17.7. The Morgan fingerprint density at radius 3 is 2.50 bits per heavy atom. The molecule has 0 unspecified atom stereocenters. The molecule has 2 fully saturated rings. The number of guanidine groups is 1. The number of ether oxygens (including phenoxy) is 2. The van der Waals surface area contributed by atoms with Crippen LogP contribution in [0.5, 0.6) is 0 Å². The smallest absolute Gasteiger partial charge is 0.381 e. The van der Waals surface area contributed by atoms with Crippen LogP contribution < -0.4 is 5.32 Å². The van der Waals surface area contributed by atoms with E-state index < -0.39 is 11.7 Å². The fourth-order valence-electron chi connectivity index (χ4n) is 3.99. The number of nitrogens with one attached hydrogen (secondary N) is 1. The number of benzene rings is 1. The topological polar surface area (TPSA) is 49.3 Å². The molecule has 0 atom stereocenters. The summed E-state index contributed by atoms with van der Waals surface area (Å²) in [6, 6.07) is 5.58. The number of alkyl halides is 3. The highest BCUT2D eigenvalue weighted by Gasteiger charge is 2.33. The highest BCUT2D eigenvalue weighted by Crippen LogP contribution is 2.30. The first-order valence-electron chi connectivity index (χ1n) is 10.3. The monoisotopic (exact) mass is 428 g/mol. The van der Waals surface area contributed by atoms with E-state index >= 15 is 0 Å². The molecule has 168 valence electrons. The minimum atomic E-state index is -4.31. The quantitative estimate of drug-likeness (QED) is 0.577. The summed E-state index contributed by atoms with van der Waals surface area (Å²) in [5.74, 6) is 0.830. The molecule has 30 heavy (non-hydrogen) atoms. The minimum absolute atomic E-state index is 0.237. The van der Waals surface area contributed by atoms with Crippen LogP contribution in [0.3, 0.4) is 0 Å². The molecule has 0 radical (unpaired) electrons. The number of nitrogens with zero attached hydrogens (tertiary/aromatic N) is 3. The first-order chi connectivity index (χ1) is 14.3. The molecule has 2 aliphatic rings. The van der Waals surface area contributed by atoms with E-state index in [1.165, 1.54) is 12.1 Å². The van der Waals surface area contributed by atoms with Gasteiger partial charge in [0.15, 0.2) is 5.96 Å². The summed E-state index contributed by atoms with van der Waals surface area (Å²) >= 11 is 0. The Hall–Kier alpha value is -1.84. The van der Waals surface area contributed by atoms with E-state index in [1.54, 1.807) is 20.2 Å². The van der Waals surface area contributed by atoms with Crippen molar-refractivity contribution in [3.8, 4) is 0 Å². The van der Waals surface area contributed by atoms with Gasteiger partial charge in [-0.2, -0.15) is 13.2 Å². The molecule has 0 amide bonds. The Kier molecular flexibility index (Phi) is 7.60. The number of hydrogen-bond donors (Lipinski definition) is 1. The van der Waals surface area contributed by atoms with Gasteiger partial charge in [0.05, 0.1) is 11.2 Å². The van der Waals surface area contributed by atoms with Crippen LogP contribution in [0.15, 0.2) is 29.3 Å². The number of hydrogen-bond acceptors (Lipinski definition) is 4. The molecule has 2 saturated heterocycles. The lowest BCUT2D eigenvalue weighted by molar-refractivity contribution is -0.137. The Morgan fingerprint density at radius 2 is 1.90 bits per heavy atom. The molecule has 1 N–H and O–H groups in total. The SMILES string of the molecule is CN=C(NCC1(OC)CCOCC1)N1CCN(Cc2cccc(C(F)(F)F)c2)CC1. The maximum atomic E-state index is 12.9. The highest BCUT2D eigenvalue weighted by atomic mass is 19.4. The van der Waals surface area contributed by atoms with Crippen molar-refractivity contribution in [3.05, 3.63) is 35.4 Å². The average molecular weight is 428 g/mol. The lowest BCUT2D eigenvalue weighted by atomic mass is 9.94. The van der Waals surface area contributed by atoms with Gasteiger partial charge in [0.25, 0.3) is 0 Å². The fourth-order valence-corrected chi connectivity index (χ4v) is 3.99. The Morgan fingerprint density at radius 1 is 1.20 bits per heavy atom. The van der Waals surface area contributed by atoms with Crippen molar-refractivity contribution < 1.29 is 22.6 Å². The van der Waals surface area contributed by atoms with Crippen molar-refractivity contribution in [2.24, 2.45) is 4.99 Å². The number of halogens is 3. The zero-order valence-corrected chi connectivity index (χ0v) is 17.7. The largest absolute Gasteiger partial charge is 0.416 e. The Balaban J connectivity index is 1.50. The molecule has 2 aliphatic heterocycles. The van der Waals surface area contributed by atoms with E-state index in [1.807, 2.05) is 0 Å². The molecule has 0 spiro atoms. The molecule has 3 rings (SSSR count). The molecule has 6 nitrogen and oxygen atoms in total. The summed E-state index contributed by atoms with van der Waals surface area (Å²) in [4.78, 5) is 8.77. The summed E-state index contributed by atoms with van der Waals surface area (Å²) < 4.78 is 50.0. The Bertz CT molecular complexity index is 712. The van der Waals surface area contributed by atoms with Crippen LogP contribution >= 0.6 is 0 Å². The van der Waals surface area contributed by atoms with Crippen molar-refractivity contribution in [1.29, 1.82) is 0 Å². The van der Waals surface area contributed by atoms with Crippen LogP contribution in [0.25, 0.3) is 0 Å². The van der Waals surface area contributed by atoms with Gasteiger partial charge in [0, 0.05) is 79.5 Å². The molecule has 1 aromatic carbocycles. The summed E-state index contributed by atoms with van der Waals surface area (Å²) in [5, 5.41) is 3.44. The Labute approximate surface area is 176 Å². The molecule has 0 saturated carbocycles. The van der Waals surface area contributed by atoms with Crippen molar-refractivity contribution in [3.63, 3.8) is 0 Å². The van der Waals surface area contributed by atoms with Crippen LogP contribution in [0.2, 0.25) is 0 Å². The van der Waals surface area contributed by atoms with E-state index in [0.29, 0.717) is 31.9 Å². The van der Waals surface area contributed by atoms with Gasteiger partial charge in [-0.05, 0) is 11.6 Å². The van der Waals surface area contributed by atoms with Crippen LogP contribution in [0.4, 0.5) is 13.2 Å². The van der Waals surface area contributed by atoms with Gasteiger partial charge >= 0.3 is 6.18 Å². The van der Waals surface area contributed by atoms with E-state index in [2.05, 4.69) is 20.1 Å². The van der Waals surface area contributed by atoms with E-state index in [9.17, 15) is 13.2 Å². The van der Waals surface area contributed by atoms with E-state index in [4.69, 9.17) is 9.47 Å². The van der Waals surface area contributed by atoms with Gasteiger partial charge in [-0.1, -0.05) is 18.2 Å². The van der Waals surface area contributed by atoms with Crippen molar-refractivity contribution >= 4 is 5.96 Å². The van der Waals surface area contributed by atoms with Gasteiger partial charge in [0.2, 0.25) is 0 Å². The van der Waals surface area contributed by atoms with E-state index in [-0.39, 0.29) is 5.60 Å². The summed E-state index contributed by atoms with van der Waals surface area (Å²) in [5.41, 5.74) is -0.148. The van der Waals surface area contributed by atoms with Crippen molar-refractivity contribution in [2.75, 3.05) is 60.1 Å². The van der Waals surface area contributed by atoms with Gasteiger partial charge in [0.1, 0.15) is 0 Å². The predicted octanol–water partition coefficient (Wildman–Crippen LogP) is 2.59. The molecule has 2 heterocycles. The first kappa shape index (κ1) is 22.8. The average Bonchev–Trinajstić information content (AvgIpc) is 2.75. The maximum Gasteiger partial charge on any atom is 0.416 e. The van der Waals surface area contributed by atoms with Gasteiger partial charge < -0.3 is 19.7 Å². The zero-order chi connectivity index (χ0) is 21.6. The minimum Gasteiger partial charge on any atom is -0.381 e. The molecular weight excluding hydrogens is 397 g/mol. The maximum absolute atomic E-state index is 12.9. The number of methoxy groups -OCH3 is 1. The summed E-state index contributed by atoms with van der Waals surface area (Å²) in [6.07, 6.45) is -2.62. The van der Waals surface area contributed by atoms with E-state index in [0.717, 1.165) is 51.0 Å². The second kappa shape index (κ2) is 9.98. The number of rotatable bonds is 5. The van der Waals surface area contributed by atoms with Gasteiger partial charge in [-0.15, -0.1) is 0 Å². The van der Waals surface area contributed by atoms with Crippen LogP contribution in [-0.2, 0) is 22.2 Å². The lowest BCUT2D eigenvalue weighted by Crippen LogP contribution is -2.55. The lowest BCUT2D eigenvalue weighted by Gasteiger charge is -2.39. The van der Waals surface area contributed by atoms with Crippen LogP contribution in [-0.4, -0.2) is 81.5 Å². The fraction of sp³-hybridized carbons (Fsp3) is 0.667. The molecule has 0 bridgehead atoms. The van der Waals surface area contributed by atoms with Crippen molar-refractivity contribution in [2.45, 2.75) is 31.2 Å².